The molecule has 0 radical (unpaired) electrons. The molecule has 1 saturated carbocycles. The highest BCUT2D eigenvalue weighted by Gasteiger charge is 2.36. The van der Waals surface area contributed by atoms with Crippen molar-refractivity contribution >= 4 is 15.8 Å². The van der Waals surface area contributed by atoms with E-state index in [4.69, 9.17) is 5.11 Å². The molecule has 0 saturated heterocycles. The van der Waals surface area contributed by atoms with Crippen LogP contribution in [0.15, 0.2) is 29.4 Å². The van der Waals surface area contributed by atoms with Gasteiger partial charge in [0.15, 0.2) is 14.9 Å². The van der Waals surface area contributed by atoms with E-state index in [0.29, 0.717) is 19.3 Å². The van der Waals surface area contributed by atoms with Gasteiger partial charge in [0.2, 0.25) is 0 Å². The summed E-state index contributed by atoms with van der Waals surface area (Å²) < 4.78 is 24.6. The fourth-order valence-electron chi connectivity index (χ4n) is 2.34. The molecule has 0 aromatic carbocycles. The number of nitrogens with zero attached hydrogens (tertiary/aromatic N) is 1. The number of carboxylic acid groups (broad SMARTS) is 1. The van der Waals surface area contributed by atoms with Crippen LogP contribution in [0, 0.1) is 5.92 Å². The van der Waals surface area contributed by atoms with Crippen molar-refractivity contribution < 1.29 is 18.3 Å². The second-order valence-electron chi connectivity index (χ2n) is 4.54. The zero-order valence-corrected chi connectivity index (χ0v) is 10.6. The van der Waals surface area contributed by atoms with Crippen LogP contribution in [0.1, 0.15) is 25.7 Å². The van der Waals surface area contributed by atoms with E-state index in [-0.39, 0.29) is 11.4 Å². The van der Waals surface area contributed by atoms with Gasteiger partial charge in [0.25, 0.3) is 0 Å². The van der Waals surface area contributed by atoms with E-state index in [0.717, 1.165) is 0 Å². The number of pyridine rings is 1. The molecule has 1 unspecified atom stereocenters. The van der Waals surface area contributed by atoms with E-state index >= 15 is 0 Å². The van der Waals surface area contributed by atoms with E-state index in [1.165, 1.54) is 12.3 Å². The molecule has 1 fully saturated rings. The molecule has 2 rings (SSSR count). The molecular formula is C12H15NO4S. The summed E-state index contributed by atoms with van der Waals surface area (Å²) in [5.74, 6) is -1.46. The van der Waals surface area contributed by atoms with Crippen LogP contribution < -0.4 is 0 Å². The van der Waals surface area contributed by atoms with E-state index in [2.05, 4.69) is 4.98 Å². The first kappa shape index (κ1) is 13.0. The summed E-state index contributed by atoms with van der Waals surface area (Å²) in [6.45, 7) is 0. The Morgan fingerprint density at radius 3 is 2.72 bits per heavy atom. The maximum absolute atomic E-state index is 12.3. The van der Waals surface area contributed by atoms with Crippen LogP contribution >= 0.6 is 0 Å². The Bertz CT molecular complexity index is 526. The number of sulfone groups is 1. The molecule has 0 aliphatic heterocycles. The van der Waals surface area contributed by atoms with Crippen LogP contribution in [0.2, 0.25) is 0 Å². The first-order chi connectivity index (χ1) is 8.51. The van der Waals surface area contributed by atoms with Gasteiger partial charge in [-0.25, -0.2) is 13.4 Å². The molecule has 1 aromatic heterocycles. The minimum Gasteiger partial charge on any atom is -0.481 e. The first-order valence-electron chi connectivity index (χ1n) is 5.89. The zero-order valence-electron chi connectivity index (χ0n) is 9.82. The summed E-state index contributed by atoms with van der Waals surface area (Å²) in [6, 6.07) is 4.73. The molecule has 6 heteroatoms. The second kappa shape index (κ2) is 5.06. The SMILES string of the molecule is O=C(O)[C@H]1CCCC(S(=O)(=O)c2ccccn2)C1. The molecule has 98 valence electrons. The largest absolute Gasteiger partial charge is 0.481 e. The van der Waals surface area contributed by atoms with Crippen LogP contribution in [0.4, 0.5) is 0 Å². The second-order valence-corrected chi connectivity index (χ2v) is 6.71. The van der Waals surface area contributed by atoms with Gasteiger partial charge in [0.05, 0.1) is 11.2 Å². The number of aliphatic carboxylic acids is 1. The number of carbonyl (C=O) groups is 1. The molecule has 2 atom stereocenters. The molecule has 0 spiro atoms. The Balaban J connectivity index is 2.23. The summed E-state index contributed by atoms with van der Waals surface area (Å²) in [4.78, 5) is 14.8. The van der Waals surface area contributed by atoms with Crippen molar-refractivity contribution in [1.29, 1.82) is 0 Å². The fourth-order valence-corrected chi connectivity index (χ4v) is 4.12. The molecule has 1 aliphatic rings. The van der Waals surface area contributed by atoms with E-state index in [1.807, 2.05) is 0 Å². The Hall–Kier alpha value is -1.43. The number of rotatable bonds is 3. The lowest BCUT2D eigenvalue weighted by Crippen LogP contribution is -2.32. The van der Waals surface area contributed by atoms with Crippen LogP contribution in [-0.2, 0) is 14.6 Å². The summed E-state index contributed by atoms with van der Waals surface area (Å²) in [7, 11) is -3.50. The van der Waals surface area contributed by atoms with E-state index in [9.17, 15) is 13.2 Å². The van der Waals surface area contributed by atoms with Crippen LogP contribution in [0.25, 0.3) is 0 Å². The van der Waals surface area contributed by atoms with Crippen LogP contribution in [-0.4, -0.2) is 29.7 Å². The maximum atomic E-state index is 12.3. The molecule has 1 aliphatic carbocycles. The number of hydrogen-bond donors (Lipinski definition) is 1. The average Bonchev–Trinajstić information content (AvgIpc) is 2.40. The van der Waals surface area contributed by atoms with E-state index < -0.39 is 27.0 Å². The summed E-state index contributed by atoms with van der Waals surface area (Å²) in [6.07, 6.45) is 3.33. The number of hydrogen-bond acceptors (Lipinski definition) is 4. The van der Waals surface area contributed by atoms with Crippen LogP contribution in [0.5, 0.6) is 0 Å². The molecular weight excluding hydrogens is 254 g/mol. The normalized spacial score (nSPS) is 24.7. The highest BCUT2D eigenvalue weighted by atomic mass is 32.2. The fraction of sp³-hybridized carbons (Fsp3) is 0.500. The maximum Gasteiger partial charge on any atom is 0.306 e. The molecule has 0 amide bonds. The number of aromatic nitrogens is 1. The lowest BCUT2D eigenvalue weighted by molar-refractivity contribution is -0.142. The molecule has 18 heavy (non-hydrogen) atoms. The van der Waals surface area contributed by atoms with Crippen molar-refractivity contribution in [3.05, 3.63) is 24.4 Å². The molecule has 1 N–H and O–H groups in total. The lowest BCUT2D eigenvalue weighted by Gasteiger charge is -2.25. The minimum absolute atomic E-state index is 0.0426. The summed E-state index contributed by atoms with van der Waals surface area (Å²) >= 11 is 0. The first-order valence-corrected chi connectivity index (χ1v) is 7.44. The minimum atomic E-state index is -3.50. The van der Waals surface area contributed by atoms with Gasteiger partial charge in [-0.05, 0) is 31.4 Å². The van der Waals surface area contributed by atoms with Gasteiger partial charge in [-0.1, -0.05) is 12.5 Å². The molecule has 1 heterocycles. The topological polar surface area (TPSA) is 84.3 Å². The predicted octanol–water partition coefficient (Wildman–Crippen LogP) is 1.50. The standard InChI is InChI=1S/C12H15NO4S/c14-12(15)9-4-3-5-10(8-9)18(16,17)11-6-1-2-7-13-11/h1-2,6-7,9-10H,3-5,8H2,(H,14,15)/t9-,10?/m0/s1. The van der Waals surface area contributed by atoms with Gasteiger partial charge in [-0.2, -0.15) is 0 Å². The summed E-state index contributed by atoms with van der Waals surface area (Å²) in [5.41, 5.74) is 0. The van der Waals surface area contributed by atoms with Crippen molar-refractivity contribution in [1.82, 2.24) is 4.98 Å². The van der Waals surface area contributed by atoms with Crippen molar-refractivity contribution in [2.75, 3.05) is 0 Å². The third kappa shape index (κ3) is 2.53. The smallest absolute Gasteiger partial charge is 0.306 e. The van der Waals surface area contributed by atoms with Crippen molar-refractivity contribution in [2.45, 2.75) is 36.0 Å². The Morgan fingerprint density at radius 2 is 2.11 bits per heavy atom. The van der Waals surface area contributed by atoms with Crippen molar-refractivity contribution in [3.63, 3.8) is 0 Å². The third-order valence-electron chi connectivity index (χ3n) is 3.34. The summed E-state index contributed by atoms with van der Waals surface area (Å²) in [5, 5.41) is 8.40. The van der Waals surface area contributed by atoms with E-state index in [1.54, 1.807) is 12.1 Å². The Labute approximate surface area is 106 Å². The van der Waals surface area contributed by atoms with Gasteiger partial charge in [-0.3, -0.25) is 4.79 Å². The quantitative estimate of drug-likeness (QED) is 0.898. The molecule has 1 aromatic rings. The van der Waals surface area contributed by atoms with Gasteiger partial charge in [0.1, 0.15) is 0 Å². The highest BCUT2D eigenvalue weighted by Crippen LogP contribution is 2.31. The Morgan fingerprint density at radius 1 is 1.33 bits per heavy atom. The molecule has 5 nitrogen and oxygen atoms in total. The average molecular weight is 269 g/mol. The van der Waals surface area contributed by atoms with Gasteiger partial charge in [0, 0.05) is 6.20 Å². The molecule has 0 bridgehead atoms. The Kier molecular flexibility index (Phi) is 3.65. The lowest BCUT2D eigenvalue weighted by atomic mass is 9.89. The van der Waals surface area contributed by atoms with Crippen molar-refractivity contribution in [3.8, 4) is 0 Å². The van der Waals surface area contributed by atoms with Gasteiger partial charge < -0.3 is 5.11 Å². The third-order valence-corrected chi connectivity index (χ3v) is 5.47. The van der Waals surface area contributed by atoms with Gasteiger partial charge in [-0.15, -0.1) is 0 Å². The van der Waals surface area contributed by atoms with Crippen LogP contribution in [0.3, 0.4) is 0 Å². The number of carboxylic acids is 1. The zero-order chi connectivity index (χ0) is 13.2. The predicted molar refractivity (Wildman–Crippen MR) is 64.8 cm³/mol. The highest BCUT2D eigenvalue weighted by molar-refractivity contribution is 7.92. The van der Waals surface area contributed by atoms with Crippen molar-refractivity contribution in [2.24, 2.45) is 5.92 Å². The monoisotopic (exact) mass is 269 g/mol. The van der Waals surface area contributed by atoms with Gasteiger partial charge >= 0.3 is 5.97 Å².